The summed E-state index contributed by atoms with van der Waals surface area (Å²) in [6.07, 6.45) is 0.104. The lowest BCUT2D eigenvalue weighted by Gasteiger charge is -2.26. The summed E-state index contributed by atoms with van der Waals surface area (Å²) < 4.78 is 33.6. The minimum atomic E-state index is -4.31. The fourth-order valence-electron chi connectivity index (χ4n) is 3.09. The van der Waals surface area contributed by atoms with Gasteiger partial charge in [0.1, 0.15) is 22.4 Å². The average Bonchev–Trinajstić information content (AvgIpc) is 2.94. The molecule has 0 saturated carbocycles. The Morgan fingerprint density at radius 2 is 1.90 bits per heavy atom. The second-order valence-corrected chi connectivity index (χ2v) is 9.22. The Kier molecular flexibility index (Phi) is 6.85. The molecule has 30 heavy (non-hydrogen) atoms. The van der Waals surface area contributed by atoms with Crippen LogP contribution in [0.25, 0.3) is 0 Å². The van der Waals surface area contributed by atoms with Gasteiger partial charge in [0.2, 0.25) is 10.0 Å². The van der Waals surface area contributed by atoms with Gasteiger partial charge in [0.25, 0.3) is 0 Å². The molecule has 158 valence electrons. The minimum absolute atomic E-state index is 0.0431. The van der Waals surface area contributed by atoms with Crippen LogP contribution in [-0.2, 0) is 14.8 Å². The monoisotopic (exact) mass is 469 g/mol. The Labute approximate surface area is 183 Å². The van der Waals surface area contributed by atoms with Gasteiger partial charge in [0, 0.05) is 23.1 Å². The molecule has 1 fully saturated rings. The zero-order chi connectivity index (χ0) is 21.9. The first-order chi connectivity index (χ1) is 14.2. The van der Waals surface area contributed by atoms with E-state index in [4.69, 9.17) is 27.9 Å². The summed E-state index contributed by atoms with van der Waals surface area (Å²) in [7, 11) is -4.31. The van der Waals surface area contributed by atoms with E-state index in [0.29, 0.717) is 23.1 Å². The molecule has 0 radical (unpaired) electrons. The normalized spacial score (nSPS) is 17.7. The van der Waals surface area contributed by atoms with Crippen molar-refractivity contribution in [3.63, 3.8) is 0 Å². The van der Waals surface area contributed by atoms with Gasteiger partial charge in [-0.15, -0.1) is 0 Å². The zero-order valence-corrected chi connectivity index (χ0v) is 17.8. The third-order valence-electron chi connectivity index (χ3n) is 4.46. The number of halogens is 2. The number of nitrogens with zero attached hydrogens (tertiary/aromatic N) is 2. The highest BCUT2D eigenvalue weighted by Gasteiger charge is 2.38. The topological polar surface area (TPSA) is 120 Å². The Morgan fingerprint density at radius 1 is 1.20 bits per heavy atom. The summed E-state index contributed by atoms with van der Waals surface area (Å²) in [5, 5.41) is 22.4. The lowest BCUT2D eigenvalue weighted by molar-refractivity contribution is -0.141. The number of hydrogen-bond donors (Lipinski definition) is 2. The molecule has 11 heteroatoms. The van der Waals surface area contributed by atoms with E-state index < -0.39 is 22.0 Å². The van der Waals surface area contributed by atoms with Crippen molar-refractivity contribution in [2.24, 2.45) is 0 Å². The molecule has 0 aromatic heterocycles. The second kappa shape index (κ2) is 9.20. The number of benzene rings is 2. The summed E-state index contributed by atoms with van der Waals surface area (Å²) in [4.78, 5) is 11.4. The summed E-state index contributed by atoms with van der Waals surface area (Å²) in [6, 6.07) is 8.95. The predicted octanol–water partition coefficient (Wildman–Crippen LogP) is 3.09. The van der Waals surface area contributed by atoms with Crippen LogP contribution in [0.4, 0.5) is 0 Å². The van der Waals surface area contributed by atoms with E-state index in [-0.39, 0.29) is 34.9 Å². The minimum Gasteiger partial charge on any atom is -0.480 e. The second-order valence-electron chi connectivity index (χ2n) is 6.49. The van der Waals surface area contributed by atoms with Crippen molar-refractivity contribution in [2.45, 2.75) is 17.4 Å². The van der Waals surface area contributed by atoms with Crippen LogP contribution in [-0.4, -0.2) is 49.5 Å². The first kappa shape index (κ1) is 22.3. The number of nitriles is 1. The summed E-state index contributed by atoms with van der Waals surface area (Å²) in [5.41, 5.74) is 0.0878. The maximum Gasteiger partial charge on any atom is 0.322 e. The molecule has 0 bridgehead atoms. The van der Waals surface area contributed by atoms with E-state index >= 15 is 0 Å². The van der Waals surface area contributed by atoms with Gasteiger partial charge in [0.05, 0.1) is 11.6 Å². The number of carbonyl (C=O) groups is 1. The molecule has 2 aromatic rings. The first-order valence-corrected chi connectivity index (χ1v) is 11.1. The number of hydrogen-bond acceptors (Lipinski definition) is 6. The molecular formula is C19H17Cl2N3O5S. The highest BCUT2D eigenvalue weighted by Crippen LogP contribution is 2.35. The van der Waals surface area contributed by atoms with Crippen LogP contribution in [0.15, 0.2) is 41.3 Å². The number of carboxylic acids is 1. The van der Waals surface area contributed by atoms with Gasteiger partial charge < -0.3 is 15.2 Å². The molecule has 8 nitrogen and oxygen atoms in total. The van der Waals surface area contributed by atoms with E-state index in [1.165, 1.54) is 30.3 Å². The molecule has 2 aromatic carbocycles. The molecule has 1 atom stereocenters. The maximum atomic E-state index is 13.5. The third-order valence-corrected chi connectivity index (χ3v) is 6.83. The van der Waals surface area contributed by atoms with Crippen LogP contribution < -0.4 is 10.1 Å². The van der Waals surface area contributed by atoms with Gasteiger partial charge in [-0.3, -0.25) is 4.79 Å². The van der Waals surface area contributed by atoms with Crippen LogP contribution in [0, 0.1) is 11.3 Å². The molecule has 1 aliphatic heterocycles. The predicted molar refractivity (Wildman–Crippen MR) is 110 cm³/mol. The van der Waals surface area contributed by atoms with Crippen LogP contribution in [0.1, 0.15) is 12.0 Å². The fourth-order valence-corrected chi connectivity index (χ4v) is 5.35. The molecule has 1 saturated heterocycles. The molecule has 0 amide bonds. The molecule has 0 spiro atoms. The number of carboxylic acid groups (broad SMARTS) is 1. The lowest BCUT2D eigenvalue weighted by Crippen LogP contribution is -2.45. The van der Waals surface area contributed by atoms with E-state index in [0.717, 1.165) is 10.4 Å². The quantitative estimate of drug-likeness (QED) is 0.689. The highest BCUT2D eigenvalue weighted by atomic mass is 35.5. The molecule has 2 N–H and O–H groups in total. The van der Waals surface area contributed by atoms with E-state index in [1.54, 1.807) is 0 Å². The largest absolute Gasteiger partial charge is 0.480 e. The van der Waals surface area contributed by atoms with Gasteiger partial charge >= 0.3 is 5.97 Å². The molecular weight excluding hydrogens is 453 g/mol. The Balaban J connectivity index is 2.10. The molecule has 1 aliphatic rings. The van der Waals surface area contributed by atoms with Crippen molar-refractivity contribution in [3.05, 3.63) is 52.0 Å². The van der Waals surface area contributed by atoms with E-state index in [2.05, 4.69) is 5.32 Å². The van der Waals surface area contributed by atoms with Crippen molar-refractivity contribution in [3.8, 4) is 17.6 Å². The number of sulfonamides is 1. The van der Waals surface area contributed by atoms with Crippen LogP contribution in [0.3, 0.4) is 0 Å². The summed E-state index contributed by atoms with van der Waals surface area (Å²) in [5.74, 6) is -1.13. The summed E-state index contributed by atoms with van der Waals surface area (Å²) >= 11 is 12.0. The highest BCUT2D eigenvalue weighted by molar-refractivity contribution is 7.89. The van der Waals surface area contributed by atoms with Crippen LogP contribution in [0.5, 0.6) is 11.5 Å². The van der Waals surface area contributed by atoms with Crippen LogP contribution >= 0.6 is 23.2 Å². The Morgan fingerprint density at radius 3 is 2.53 bits per heavy atom. The number of ether oxygens (including phenoxy) is 1. The summed E-state index contributed by atoms with van der Waals surface area (Å²) in [6.45, 7) is 0.616. The zero-order valence-electron chi connectivity index (χ0n) is 15.5. The van der Waals surface area contributed by atoms with Crippen LogP contribution in [0.2, 0.25) is 10.0 Å². The molecule has 3 rings (SSSR count). The maximum absolute atomic E-state index is 13.5. The van der Waals surface area contributed by atoms with Gasteiger partial charge in [0.15, 0.2) is 0 Å². The fraction of sp³-hybridized carbons (Fsp3) is 0.263. The standard InChI is InChI=1S/C19H17Cl2N3O5S/c20-13-8-14(21)10-15(9-13)29-17-2-1-12(11-22)7-18(17)30(27,28)24-6-5-23-4-3-16(24)19(25)26/h1-2,7-10,16,23H,3-6H2,(H,25,26). The number of rotatable bonds is 5. The van der Waals surface area contributed by atoms with Gasteiger partial charge in [-0.25, -0.2) is 8.42 Å². The lowest BCUT2D eigenvalue weighted by atomic mass is 10.2. The van der Waals surface area contributed by atoms with E-state index in [1.807, 2.05) is 6.07 Å². The average molecular weight is 470 g/mol. The van der Waals surface area contributed by atoms with Crippen molar-refractivity contribution >= 4 is 39.2 Å². The van der Waals surface area contributed by atoms with Gasteiger partial charge in [-0.05, 0) is 49.4 Å². The van der Waals surface area contributed by atoms with E-state index in [9.17, 15) is 23.6 Å². The molecule has 1 unspecified atom stereocenters. The Hall–Kier alpha value is -2.35. The van der Waals surface area contributed by atoms with Gasteiger partial charge in [-0.2, -0.15) is 9.57 Å². The van der Waals surface area contributed by atoms with Crippen molar-refractivity contribution in [2.75, 3.05) is 19.6 Å². The molecule has 1 heterocycles. The SMILES string of the molecule is N#Cc1ccc(Oc2cc(Cl)cc(Cl)c2)c(S(=O)(=O)N2CCNCCC2C(=O)O)c1. The third kappa shape index (κ3) is 4.86. The van der Waals surface area contributed by atoms with Gasteiger partial charge in [-0.1, -0.05) is 23.2 Å². The molecule has 0 aliphatic carbocycles. The smallest absolute Gasteiger partial charge is 0.322 e. The van der Waals surface area contributed by atoms with Crippen molar-refractivity contribution < 1.29 is 23.1 Å². The van der Waals surface area contributed by atoms with Crippen molar-refractivity contribution in [1.82, 2.24) is 9.62 Å². The van der Waals surface area contributed by atoms with Crippen molar-refractivity contribution in [1.29, 1.82) is 5.26 Å². The number of nitrogens with one attached hydrogen (secondary N) is 1. The first-order valence-electron chi connectivity index (χ1n) is 8.86. The Bertz CT molecular complexity index is 1100. The number of aliphatic carboxylic acids is 1.